The number of benzene rings is 1. The van der Waals surface area contributed by atoms with E-state index in [4.69, 9.17) is 4.74 Å². The predicted octanol–water partition coefficient (Wildman–Crippen LogP) is 2.88. The number of nitrogens with one attached hydrogen (secondary N) is 1. The van der Waals surface area contributed by atoms with Gasteiger partial charge in [-0.2, -0.15) is 0 Å². The summed E-state index contributed by atoms with van der Waals surface area (Å²) in [6.07, 6.45) is 0.222. The van der Waals surface area contributed by atoms with Gasteiger partial charge in [-0.1, -0.05) is 22.9 Å². The molecule has 0 saturated heterocycles. The van der Waals surface area contributed by atoms with Crippen molar-refractivity contribution in [3.8, 4) is 5.75 Å². The molecule has 0 fully saturated rings. The van der Waals surface area contributed by atoms with E-state index in [-0.39, 0.29) is 6.10 Å². The van der Waals surface area contributed by atoms with Crippen LogP contribution in [0.4, 0.5) is 0 Å². The standard InChI is InChI=1S/C11H14BrNO/c1-3-13-11-7(2)14-10-5-4-8(12)6-9(10)11/h4-7,11,13H,3H2,1-2H3. The molecule has 0 saturated carbocycles. The number of hydrogen-bond acceptors (Lipinski definition) is 2. The minimum absolute atomic E-state index is 0.222. The van der Waals surface area contributed by atoms with Crippen molar-refractivity contribution in [2.45, 2.75) is 26.0 Å². The molecule has 1 N–H and O–H groups in total. The van der Waals surface area contributed by atoms with Gasteiger partial charge >= 0.3 is 0 Å². The Bertz CT molecular complexity index is 340. The van der Waals surface area contributed by atoms with Crippen LogP contribution in [-0.4, -0.2) is 12.6 Å². The Morgan fingerprint density at radius 1 is 1.50 bits per heavy atom. The Morgan fingerprint density at radius 2 is 2.29 bits per heavy atom. The third-order valence-electron chi connectivity index (χ3n) is 2.51. The molecule has 2 nitrogen and oxygen atoms in total. The van der Waals surface area contributed by atoms with Gasteiger partial charge in [0.15, 0.2) is 0 Å². The maximum Gasteiger partial charge on any atom is 0.124 e. The number of rotatable bonds is 2. The third kappa shape index (κ3) is 1.66. The zero-order valence-electron chi connectivity index (χ0n) is 8.38. The van der Waals surface area contributed by atoms with Crippen LogP contribution in [0.2, 0.25) is 0 Å². The molecule has 0 aliphatic carbocycles. The van der Waals surface area contributed by atoms with E-state index in [9.17, 15) is 0 Å². The summed E-state index contributed by atoms with van der Waals surface area (Å²) in [6, 6.07) is 6.49. The van der Waals surface area contributed by atoms with Gasteiger partial charge in [0.2, 0.25) is 0 Å². The van der Waals surface area contributed by atoms with E-state index >= 15 is 0 Å². The first-order valence-electron chi connectivity index (χ1n) is 4.92. The van der Waals surface area contributed by atoms with Crippen LogP contribution >= 0.6 is 15.9 Å². The lowest BCUT2D eigenvalue weighted by Crippen LogP contribution is -2.28. The van der Waals surface area contributed by atoms with Crippen molar-refractivity contribution in [1.29, 1.82) is 0 Å². The van der Waals surface area contributed by atoms with Crippen LogP contribution in [0.3, 0.4) is 0 Å². The highest BCUT2D eigenvalue weighted by Crippen LogP contribution is 2.37. The van der Waals surface area contributed by atoms with Crippen LogP contribution in [0.1, 0.15) is 25.5 Å². The first kappa shape index (κ1) is 9.99. The fourth-order valence-corrected chi connectivity index (χ4v) is 2.27. The lowest BCUT2D eigenvalue weighted by molar-refractivity contribution is 0.211. The SMILES string of the molecule is CCNC1c2cc(Br)ccc2OC1C. The average molecular weight is 256 g/mol. The minimum atomic E-state index is 0.222. The molecule has 2 rings (SSSR count). The van der Waals surface area contributed by atoms with Gasteiger partial charge in [0, 0.05) is 10.0 Å². The van der Waals surface area contributed by atoms with Gasteiger partial charge in [0.1, 0.15) is 11.9 Å². The first-order chi connectivity index (χ1) is 6.72. The summed E-state index contributed by atoms with van der Waals surface area (Å²) >= 11 is 3.48. The summed E-state index contributed by atoms with van der Waals surface area (Å²) in [5.74, 6) is 1.01. The molecule has 1 aliphatic rings. The van der Waals surface area contributed by atoms with Crippen molar-refractivity contribution in [3.63, 3.8) is 0 Å². The average Bonchev–Trinajstić information content (AvgIpc) is 2.45. The van der Waals surface area contributed by atoms with Crippen molar-refractivity contribution in [3.05, 3.63) is 28.2 Å². The number of ether oxygens (including phenoxy) is 1. The summed E-state index contributed by atoms with van der Waals surface area (Å²) in [5, 5.41) is 3.43. The van der Waals surface area contributed by atoms with E-state index < -0.39 is 0 Å². The molecule has 76 valence electrons. The van der Waals surface area contributed by atoms with Crippen molar-refractivity contribution < 1.29 is 4.74 Å². The lowest BCUT2D eigenvalue weighted by Gasteiger charge is -2.15. The molecular formula is C11H14BrNO. The van der Waals surface area contributed by atoms with E-state index in [1.54, 1.807) is 0 Å². The Balaban J connectivity index is 2.34. The zero-order valence-corrected chi connectivity index (χ0v) is 9.97. The second-order valence-corrected chi connectivity index (χ2v) is 4.46. The third-order valence-corrected chi connectivity index (χ3v) is 3.01. The van der Waals surface area contributed by atoms with E-state index in [0.29, 0.717) is 6.04 Å². The summed E-state index contributed by atoms with van der Waals surface area (Å²) in [6.45, 7) is 5.17. The minimum Gasteiger partial charge on any atom is -0.488 e. The van der Waals surface area contributed by atoms with Gasteiger partial charge in [-0.15, -0.1) is 0 Å². The van der Waals surface area contributed by atoms with Crippen LogP contribution < -0.4 is 10.1 Å². The Kier molecular flexibility index (Phi) is 2.79. The molecule has 1 aromatic carbocycles. The molecule has 3 heteroatoms. The largest absolute Gasteiger partial charge is 0.488 e. The van der Waals surface area contributed by atoms with Gasteiger partial charge in [-0.25, -0.2) is 0 Å². The van der Waals surface area contributed by atoms with Crippen LogP contribution in [-0.2, 0) is 0 Å². The molecule has 0 bridgehead atoms. The predicted molar refractivity (Wildman–Crippen MR) is 60.6 cm³/mol. The molecule has 0 spiro atoms. The molecule has 0 amide bonds. The van der Waals surface area contributed by atoms with Crippen molar-refractivity contribution >= 4 is 15.9 Å². The van der Waals surface area contributed by atoms with Gasteiger partial charge < -0.3 is 10.1 Å². The second kappa shape index (κ2) is 3.91. The highest BCUT2D eigenvalue weighted by molar-refractivity contribution is 9.10. The lowest BCUT2D eigenvalue weighted by atomic mass is 10.0. The molecular weight excluding hydrogens is 242 g/mol. The van der Waals surface area contributed by atoms with Crippen LogP contribution in [0, 0.1) is 0 Å². The van der Waals surface area contributed by atoms with Gasteiger partial charge in [0.25, 0.3) is 0 Å². The molecule has 2 unspecified atom stereocenters. The molecule has 0 radical (unpaired) electrons. The molecule has 14 heavy (non-hydrogen) atoms. The highest BCUT2D eigenvalue weighted by Gasteiger charge is 2.30. The van der Waals surface area contributed by atoms with Gasteiger partial charge in [0.05, 0.1) is 6.04 Å². The molecule has 0 aromatic heterocycles. The summed E-state index contributed by atoms with van der Waals surface area (Å²) in [5.41, 5.74) is 1.26. The second-order valence-electron chi connectivity index (χ2n) is 3.54. The smallest absolute Gasteiger partial charge is 0.124 e. The van der Waals surface area contributed by atoms with Crippen molar-refractivity contribution in [1.82, 2.24) is 5.32 Å². The van der Waals surface area contributed by atoms with E-state index in [2.05, 4.69) is 41.2 Å². The Morgan fingerprint density at radius 3 is 3.00 bits per heavy atom. The monoisotopic (exact) mass is 255 g/mol. The van der Waals surface area contributed by atoms with Crippen LogP contribution in [0.15, 0.2) is 22.7 Å². The summed E-state index contributed by atoms with van der Waals surface area (Å²) in [7, 11) is 0. The van der Waals surface area contributed by atoms with E-state index in [1.165, 1.54) is 5.56 Å². The van der Waals surface area contributed by atoms with E-state index in [0.717, 1.165) is 16.8 Å². The number of hydrogen-bond donors (Lipinski definition) is 1. The Hall–Kier alpha value is -0.540. The van der Waals surface area contributed by atoms with Crippen molar-refractivity contribution in [2.75, 3.05) is 6.54 Å². The van der Waals surface area contributed by atoms with Gasteiger partial charge in [-0.3, -0.25) is 0 Å². The highest BCUT2D eigenvalue weighted by atomic mass is 79.9. The van der Waals surface area contributed by atoms with Crippen molar-refractivity contribution in [2.24, 2.45) is 0 Å². The topological polar surface area (TPSA) is 21.3 Å². The number of likely N-dealkylation sites (N-methyl/N-ethyl adjacent to an activating group) is 1. The summed E-state index contributed by atoms with van der Waals surface area (Å²) < 4.78 is 6.85. The number of fused-ring (bicyclic) bond motifs is 1. The number of halogens is 1. The zero-order chi connectivity index (χ0) is 10.1. The maximum absolute atomic E-state index is 5.74. The molecule has 2 atom stereocenters. The fourth-order valence-electron chi connectivity index (χ4n) is 1.89. The Labute approximate surface area is 92.8 Å². The van der Waals surface area contributed by atoms with E-state index in [1.807, 2.05) is 12.1 Å². The normalized spacial score (nSPS) is 24.5. The summed E-state index contributed by atoms with van der Waals surface area (Å²) in [4.78, 5) is 0. The molecule has 1 aromatic rings. The quantitative estimate of drug-likeness (QED) is 0.878. The first-order valence-corrected chi connectivity index (χ1v) is 5.71. The van der Waals surface area contributed by atoms with Gasteiger partial charge in [-0.05, 0) is 31.7 Å². The molecule has 1 heterocycles. The molecule has 1 aliphatic heterocycles. The maximum atomic E-state index is 5.74. The van der Waals surface area contributed by atoms with Crippen LogP contribution in [0.25, 0.3) is 0 Å². The fraction of sp³-hybridized carbons (Fsp3) is 0.455. The van der Waals surface area contributed by atoms with Crippen LogP contribution in [0.5, 0.6) is 5.75 Å².